The number of aryl methyl sites for hydroxylation is 2. The number of para-hydroxylation sites is 1. The summed E-state index contributed by atoms with van der Waals surface area (Å²) < 4.78 is 5.45. The number of nitrogens with one attached hydrogen (secondary N) is 2. The molecule has 0 amide bonds. The minimum Gasteiger partial charge on any atom is -0.494 e. The Morgan fingerprint density at radius 2 is 1.81 bits per heavy atom. The molecule has 134 valence electrons. The highest BCUT2D eigenvalue weighted by atomic mass is 16.5. The van der Waals surface area contributed by atoms with Crippen molar-refractivity contribution in [3.8, 4) is 5.75 Å². The predicted octanol–water partition coefficient (Wildman–Crippen LogP) is 4.63. The number of rotatable bonds is 7. The van der Waals surface area contributed by atoms with Gasteiger partial charge in [-0.05, 0) is 55.7 Å². The fourth-order valence-electron chi connectivity index (χ4n) is 2.68. The summed E-state index contributed by atoms with van der Waals surface area (Å²) in [5.41, 5.74) is 4.32. The lowest BCUT2D eigenvalue weighted by Crippen LogP contribution is -2.05. The SMILES string of the molecule is CCOc1ccc(Nc2cnnc(Nc3c(C)cccc3CC)n2)cc1. The highest BCUT2D eigenvalue weighted by molar-refractivity contribution is 5.64. The molecule has 0 unspecified atom stereocenters. The number of anilines is 4. The van der Waals surface area contributed by atoms with Crippen LogP contribution in [-0.2, 0) is 6.42 Å². The van der Waals surface area contributed by atoms with Crippen LogP contribution in [-0.4, -0.2) is 21.8 Å². The van der Waals surface area contributed by atoms with Crippen molar-refractivity contribution in [3.05, 3.63) is 59.8 Å². The second kappa shape index (κ2) is 8.29. The van der Waals surface area contributed by atoms with Gasteiger partial charge in [0.1, 0.15) is 5.75 Å². The first-order chi connectivity index (χ1) is 12.7. The van der Waals surface area contributed by atoms with Gasteiger partial charge in [0.25, 0.3) is 0 Å². The van der Waals surface area contributed by atoms with Crippen molar-refractivity contribution in [3.63, 3.8) is 0 Å². The summed E-state index contributed by atoms with van der Waals surface area (Å²) in [4.78, 5) is 4.51. The third-order valence-electron chi connectivity index (χ3n) is 3.97. The van der Waals surface area contributed by atoms with Gasteiger partial charge in [-0.3, -0.25) is 0 Å². The van der Waals surface area contributed by atoms with Crippen LogP contribution in [0.3, 0.4) is 0 Å². The third kappa shape index (κ3) is 4.27. The Kier molecular flexibility index (Phi) is 5.63. The molecule has 0 aliphatic heterocycles. The van der Waals surface area contributed by atoms with Crippen molar-refractivity contribution in [1.29, 1.82) is 0 Å². The molecule has 26 heavy (non-hydrogen) atoms. The standard InChI is InChI=1S/C20H23N5O/c1-4-15-8-6-7-14(3)19(15)24-20-23-18(13-21-25-20)22-16-9-11-17(12-10-16)26-5-2/h6-13H,4-5H2,1-3H3,(H2,22,23,24,25). The molecule has 0 aliphatic rings. The molecule has 6 heteroatoms. The summed E-state index contributed by atoms with van der Waals surface area (Å²) in [6.45, 7) is 6.81. The van der Waals surface area contributed by atoms with Crippen molar-refractivity contribution >= 4 is 23.1 Å². The minimum atomic E-state index is 0.463. The van der Waals surface area contributed by atoms with Gasteiger partial charge in [-0.25, -0.2) is 0 Å². The van der Waals surface area contributed by atoms with Gasteiger partial charge >= 0.3 is 0 Å². The van der Waals surface area contributed by atoms with E-state index < -0.39 is 0 Å². The quantitative estimate of drug-likeness (QED) is 0.648. The van der Waals surface area contributed by atoms with E-state index in [4.69, 9.17) is 4.74 Å². The molecule has 0 bridgehead atoms. The first-order valence-electron chi connectivity index (χ1n) is 8.74. The molecule has 2 aromatic carbocycles. The van der Waals surface area contributed by atoms with Crippen LogP contribution in [0.25, 0.3) is 0 Å². The highest BCUT2D eigenvalue weighted by Crippen LogP contribution is 2.24. The van der Waals surface area contributed by atoms with Crippen molar-refractivity contribution < 1.29 is 4.74 Å². The smallest absolute Gasteiger partial charge is 0.249 e. The molecule has 0 saturated carbocycles. The predicted molar refractivity (Wildman–Crippen MR) is 105 cm³/mol. The Morgan fingerprint density at radius 3 is 2.54 bits per heavy atom. The summed E-state index contributed by atoms with van der Waals surface area (Å²) in [6.07, 6.45) is 2.53. The van der Waals surface area contributed by atoms with Crippen molar-refractivity contribution in [1.82, 2.24) is 15.2 Å². The lowest BCUT2D eigenvalue weighted by atomic mass is 10.1. The van der Waals surface area contributed by atoms with Gasteiger partial charge in [0.2, 0.25) is 5.95 Å². The Balaban J connectivity index is 1.76. The fourth-order valence-corrected chi connectivity index (χ4v) is 2.68. The van der Waals surface area contributed by atoms with Crippen molar-refractivity contribution in [2.24, 2.45) is 0 Å². The molecule has 0 spiro atoms. The van der Waals surface area contributed by atoms with Gasteiger partial charge in [0.15, 0.2) is 5.82 Å². The first kappa shape index (κ1) is 17.7. The second-order valence-corrected chi connectivity index (χ2v) is 5.84. The second-order valence-electron chi connectivity index (χ2n) is 5.84. The van der Waals surface area contributed by atoms with Crippen LogP contribution in [0.15, 0.2) is 48.7 Å². The maximum absolute atomic E-state index is 5.45. The number of benzene rings is 2. The summed E-state index contributed by atoms with van der Waals surface area (Å²) in [6, 6.07) is 13.9. The lowest BCUT2D eigenvalue weighted by Gasteiger charge is -2.13. The van der Waals surface area contributed by atoms with E-state index in [0.717, 1.165) is 29.1 Å². The van der Waals surface area contributed by atoms with E-state index in [1.807, 2.05) is 31.2 Å². The number of ether oxygens (including phenoxy) is 1. The molecule has 0 aliphatic carbocycles. The molecule has 0 atom stereocenters. The largest absolute Gasteiger partial charge is 0.494 e. The molecular weight excluding hydrogens is 326 g/mol. The Bertz CT molecular complexity index is 864. The van der Waals surface area contributed by atoms with Gasteiger partial charge in [0, 0.05) is 11.4 Å². The topological polar surface area (TPSA) is 72.0 Å². The summed E-state index contributed by atoms with van der Waals surface area (Å²) in [5, 5.41) is 14.7. The number of hydrogen-bond donors (Lipinski definition) is 2. The summed E-state index contributed by atoms with van der Waals surface area (Å²) in [7, 11) is 0. The summed E-state index contributed by atoms with van der Waals surface area (Å²) >= 11 is 0. The highest BCUT2D eigenvalue weighted by Gasteiger charge is 2.08. The molecule has 0 fully saturated rings. The maximum Gasteiger partial charge on any atom is 0.249 e. The zero-order valence-corrected chi connectivity index (χ0v) is 15.3. The van der Waals surface area contributed by atoms with E-state index >= 15 is 0 Å². The normalized spacial score (nSPS) is 10.4. The van der Waals surface area contributed by atoms with Crippen LogP contribution in [0.2, 0.25) is 0 Å². The van der Waals surface area contributed by atoms with E-state index in [1.54, 1.807) is 6.20 Å². The molecule has 2 N–H and O–H groups in total. The zero-order chi connectivity index (χ0) is 18.4. The molecular formula is C20H23N5O. The van der Waals surface area contributed by atoms with Crippen LogP contribution in [0.1, 0.15) is 25.0 Å². The van der Waals surface area contributed by atoms with Gasteiger partial charge < -0.3 is 15.4 Å². The van der Waals surface area contributed by atoms with E-state index in [1.165, 1.54) is 5.56 Å². The van der Waals surface area contributed by atoms with E-state index in [9.17, 15) is 0 Å². The molecule has 6 nitrogen and oxygen atoms in total. The monoisotopic (exact) mass is 349 g/mol. The van der Waals surface area contributed by atoms with Crippen molar-refractivity contribution in [2.75, 3.05) is 17.2 Å². The molecule has 0 radical (unpaired) electrons. The van der Waals surface area contributed by atoms with E-state index in [-0.39, 0.29) is 0 Å². The van der Waals surface area contributed by atoms with Crippen LogP contribution in [0, 0.1) is 6.92 Å². The molecule has 3 rings (SSSR count). The summed E-state index contributed by atoms with van der Waals surface area (Å²) in [5.74, 6) is 1.93. The molecule has 1 aromatic heterocycles. The minimum absolute atomic E-state index is 0.463. The average molecular weight is 349 g/mol. The van der Waals surface area contributed by atoms with Crippen LogP contribution in [0.5, 0.6) is 5.75 Å². The molecule has 1 heterocycles. The zero-order valence-electron chi connectivity index (χ0n) is 15.3. The third-order valence-corrected chi connectivity index (χ3v) is 3.97. The molecule has 0 saturated heterocycles. The van der Waals surface area contributed by atoms with Gasteiger partial charge in [-0.2, -0.15) is 10.1 Å². The fraction of sp³-hybridized carbons (Fsp3) is 0.250. The Morgan fingerprint density at radius 1 is 1.00 bits per heavy atom. The van der Waals surface area contributed by atoms with Crippen LogP contribution >= 0.6 is 0 Å². The molecule has 3 aromatic rings. The Hall–Kier alpha value is -3.15. The number of hydrogen-bond acceptors (Lipinski definition) is 6. The van der Waals surface area contributed by atoms with Gasteiger partial charge in [0.05, 0.1) is 12.8 Å². The maximum atomic E-state index is 5.45. The van der Waals surface area contributed by atoms with Gasteiger partial charge in [-0.1, -0.05) is 25.1 Å². The van der Waals surface area contributed by atoms with E-state index in [2.05, 4.69) is 57.9 Å². The first-order valence-corrected chi connectivity index (χ1v) is 8.74. The van der Waals surface area contributed by atoms with Crippen LogP contribution < -0.4 is 15.4 Å². The average Bonchev–Trinajstić information content (AvgIpc) is 2.65. The Labute approximate surface area is 153 Å². The number of aromatic nitrogens is 3. The van der Waals surface area contributed by atoms with Crippen LogP contribution in [0.4, 0.5) is 23.1 Å². The van der Waals surface area contributed by atoms with Gasteiger partial charge in [-0.15, -0.1) is 5.10 Å². The number of nitrogens with zero attached hydrogens (tertiary/aromatic N) is 3. The lowest BCUT2D eigenvalue weighted by molar-refractivity contribution is 0.340. The van der Waals surface area contributed by atoms with Crippen molar-refractivity contribution in [2.45, 2.75) is 27.2 Å². The van der Waals surface area contributed by atoms with E-state index in [0.29, 0.717) is 18.4 Å².